The third-order valence-corrected chi connectivity index (χ3v) is 7.23. The molecule has 5 nitrogen and oxygen atoms in total. The molecule has 0 saturated carbocycles. The predicted octanol–water partition coefficient (Wildman–Crippen LogP) is 8.78. The van der Waals surface area contributed by atoms with Gasteiger partial charge in [0.15, 0.2) is 16.7 Å². The van der Waals surface area contributed by atoms with Crippen molar-refractivity contribution in [3.63, 3.8) is 0 Å². The number of halogens is 2. The molecule has 0 unspecified atom stereocenters. The molecule has 8 heteroatoms. The van der Waals surface area contributed by atoms with Gasteiger partial charge in [0, 0.05) is 5.02 Å². The Morgan fingerprint density at radius 3 is 2.28 bits per heavy atom. The van der Waals surface area contributed by atoms with Crippen LogP contribution < -0.4 is 14.4 Å². The molecule has 0 bridgehead atoms. The van der Waals surface area contributed by atoms with Gasteiger partial charge in [0.05, 0.1) is 27.9 Å². The van der Waals surface area contributed by atoms with Gasteiger partial charge in [0.25, 0.3) is 5.91 Å². The van der Waals surface area contributed by atoms with Gasteiger partial charge in [-0.15, -0.1) is 0 Å². The number of thioether (sulfide) groups is 1. The lowest BCUT2D eigenvalue weighted by molar-refractivity contribution is -0.113. The number of amidine groups is 1. The fourth-order valence-electron chi connectivity index (χ4n) is 3.93. The highest BCUT2D eigenvalue weighted by Crippen LogP contribution is 2.41. The zero-order chi connectivity index (χ0) is 27.2. The van der Waals surface area contributed by atoms with Crippen LogP contribution in [0.3, 0.4) is 0 Å². The van der Waals surface area contributed by atoms with Gasteiger partial charge in [-0.1, -0.05) is 71.7 Å². The molecule has 1 saturated heterocycles. The standard InChI is InChI=1S/C31H24Cl2N2O3S/c1-2-37-27-18-22(17-26(33)29(27)38-20-21-13-15-23(32)16-14-21)19-28-30(36)35(25-11-7-4-8-12-25)31(39-28)34-24-9-5-3-6-10-24/h3-19H,2,20H2,1H3/b28-19-,34-31?. The molecule has 1 aliphatic heterocycles. The molecule has 1 fully saturated rings. The number of benzene rings is 4. The summed E-state index contributed by atoms with van der Waals surface area (Å²) >= 11 is 14.0. The Morgan fingerprint density at radius 1 is 0.897 bits per heavy atom. The van der Waals surface area contributed by atoms with E-state index < -0.39 is 0 Å². The molecule has 0 aliphatic carbocycles. The Bertz CT molecular complexity index is 1530. The summed E-state index contributed by atoms with van der Waals surface area (Å²) < 4.78 is 11.9. The Kier molecular flexibility index (Phi) is 8.57. The smallest absolute Gasteiger partial charge is 0.271 e. The highest BCUT2D eigenvalue weighted by Gasteiger charge is 2.34. The van der Waals surface area contributed by atoms with Crippen molar-refractivity contribution in [1.29, 1.82) is 0 Å². The molecule has 0 radical (unpaired) electrons. The molecule has 0 N–H and O–H groups in total. The van der Waals surface area contributed by atoms with Crippen LogP contribution in [0.4, 0.5) is 11.4 Å². The molecule has 39 heavy (non-hydrogen) atoms. The first-order valence-corrected chi connectivity index (χ1v) is 13.9. The first kappa shape index (κ1) is 26.9. The van der Waals surface area contributed by atoms with E-state index in [1.54, 1.807) is 17.0 Å². The Balaban J connectivity index is 1.47. The highest BCUT2D eigenvalue weighted by atomic mass is 35.5. The number of ether oxygens (including phenoxy) is 2. The molecule has 196 valence electrons. The van der Waals surface area contributed by atoms with E-state index in [0.717, 1.165) is 16.9 Å². The van der Waals surface area contributed by atoms with Crippen molar-refractivity contribution in [2.24, 2.45) is 4.99 Å². The summed E-state index contributed by atoms with van der Waals surface area (Å²) in [5.74, 6) is 0.774. The van der Waals surface area contributed by atoms with Crippen molar-refractivity contribution in [1.82, 2.24) is 0 Å². The van der Waals surface area contributed by atoms with Gasteiger partial charge in [-0.3, -0.25) is 9.69 Å². The van der Waals surface area contributed by atoms with Crippen LogP contribution in [0.25, 0.3) is 6.08 Å². The van der Waals surface area contributed by atoms with Crippen LogP contribution in [0.5, 0.6) is 11.5 Å². The molecule has 1 aliphatic rings. The average Bonchev–Trinajstić information content (AvgIpc) is 3.24. The largest absolute Gasteiger partial charge is 0.490 e. The maximum atomic E-state index is 13.6. The fraction of sp³-hybridized carbons (Fsp3) is 0.0968. The second-order valence-corrected chi connectivity index (χ2v) is 10.3. The van der Waals surface area contributed by atoms with E-state index in [0.29, 0.717) is 50.4 Å². The first-order chi connectivity index (χ1) is 19.0. The summed E-state index contributed by atoms with van der Waals surface area (Å²) in [5.41, 5.74) is 3.17. The zero-order valence-electron chi connectivity index (χ0n) is 21.0. The van der Waals surface area contributed by atoms with Crippen molar-refractivity contribution in [2.75, 3.05) is 11.5 Å². The second kappa shape index (κ2) is 12.4. The fourth-order valence-corrected chi connectivity index (χ4v) is 5.33. The summed E-state index contributed by atoms with van der Waals surface area (Å²) in [5, 5.41) is 1.62. The van der Waals surface area contributed by atoms with Gasteiger partial charge in [-0.25, -0.2) is 4.99 Å². The third kappa shape index (κ3) is 6.48. The van der Waals surface area contributed by atoms with Crippen LogP contribution >= 0.6 is 35.0 Å². The van der Waals surface area contributed by atoms with E-state index in [1.165, 1.54) is 11.8 Å². The van der Waals surface area contributed by atoms with Gasteiger partial charge in [0.2, 0.25) is 0 Å². The number of carbonyl (C=O) groups excluding carboxylic acids is 1. The van der Waals surface area contributed by atoms with Crippen molar-refractivity contribution in [3.05, 3.63) is 123 Å². The lowest BCUT2D eigenvalue weighted by Gasteiger charge is -2.15. The number of anilines is 1. The number of rotatable bonds is 8. The van der Waals surface area contributed by atoms with Gasteiger partial charge < -0.3 is 9.47 Å². The summed E-state index contributed by atoms with van der Waals surface area (Å²) in [6.07, 6.45) is 1.80. The topological polar surface area (TPSA) is 51.1 Å². The van der Waals surface area contributed by atoms with Crippen LogP contribution in [0, 0.1) is 0 Å². The van der Waals surface area contributed by atoms with Crippen molar-refractivity contribution >= 4 is 63.5 Å². The van der Waals surface area contributed by atoms with E-state index in [-0.39, 0.29) is 5.91 Å². The summed E-state index contributed by atoms with van der Waals surface area (Å²) in [4.78, 5) is 20.5. The quantitative estimate of drug-likeness (QED) is 0.197. The van der Waals surface area contributed by atoms with Crippen molar-refractivity contribution in [2.45, 2.75) is 13.5 Å². The highest BCUT2D eigenvalue weighted by molar-refractivity contribution is 8.19. The van der Waals surface area contributed by atoms with Crippen molar-refractivity contribution in [3.8, 4) is 11.5 Å². The monoisotopic (exact) mass is 574 g/mol. The molecule has 4 aromatic carbocycles. The van der Waals surface area contributed by atoms with Crippen LogP contribution in [0.15, 0.2) is 107 Å². The van der Waals surface area contributed by atoms with Crippen LogP contribution in [-0.2, 0) is 11.4 Å². The summed E-state index contributed by atoms with van der Waals surface area (Å²) in [7, 11) is 0. The number of amides is 1. The van der Waals surface area contributed by atoms with Crippen molar-refractivity contribution < 1.29 is 14.3 Å². The molecule has 5 rings (SSSR count). The number of para-hydroxylation sites is 2. The summed E-state index contributed by atoms with van der Waals surface area (Å²) in [6, 6.07) is 30.0. The molecule has 4 aromatic rings. The summed E-state index contributed by atoms with van der Waals surface area (Å²) in [6.45, 7) is 2.62. The van der Waals surface area contributed by atoms with Crippen LogP contribution in [0.1, 0.15) is 18.1 Å². The maximum Gasteiger partial charge on any atom is 0.271 e. The van der Waals surface area contributed by atoms with E-state index in [9.17, 15) is 4.79 Å². The number of nitrogens with zero attached hydrogens (tertiary/aromatic N) is 2. The van der Waals surface area contributed by atoms with Gasteiger partial charge >= 0.3 is 0 Å². The number of carbonyl (C=O) groups is 1. The minimum absolute atomic E-state index is 0.168. The Morgan fingerprint density at radius 2 is 1.59 bits per heavy atom. The van der Waals surface area contributed by atoms with Crippen LogP contribution in [0.2, 0.25) is 10.0 Å². The lowest BCUT2D eigenvalue weighted by atomic mass is 10.1. The predicted molar refractivity (Wildman–Crippen MR) is 161 cm³/mol. The first-order valence-electron chi connectivity index (χ1n) is 12.3. The van der Waals surface area contributed by atoms with Gasteiger partial charge in [-0.05, 0) is 84.4 Å². The third-order valence-electron chi connectivity index (χ3n) is 5.73. The lowest BCUT2D eigenvalue weighted by Crippen LogP contribution is -2.28. The van der Waals surface area contributed by atoms with Crippen LogP contribution in [-0.4, -0.2) is 17.7 Å². The van der Waals surface area contributed by atoms with E-state index in [2.05, 4.69) is 0 Å². The minimum Gasteiger partial charge on any atom is -0.490 e. The number of hydrogen-bond donors (Lipinski definition) is 0. The molecular formula is C31H24Cl2N2O3S. The van der Waals surface area contributed by atoms with E-state index in [1.807, 2.05) is 97.9 Å². The number of aliphatic imine (C=N–C) groups is 1. The SMILES string of the molecule is CCOc1cc(/C=C2\SC(=Nc3ccccc3)N(c3ccccc3)C2=O)cc(Cl)c1OCc1ccc(Cl)cc1. The zero-order valence-corrected chi connectivity index (χ0v) is 23.3. The van der Waals surface area contributed by atoms with Gasteiger partial charge in [0.1, 0.15) is 6.61 Å². The average molecular weight is 576 g/mol. The normalized spacial score (nSPS) is 15.3. The molecule has 1 amide bonds. The molecule has 0 aromatic heterocycles. The Labute approximate surface area is 241 Å². The van der Waals surface area contributed by atoms with Gasteiger partial charge in [-0.2, -0.15) is 0 Å². The molecule has 0 atom stereocenters. The Hall–Kier alpha value is -3.71. The maximum absolute atomic E-state index is 13.6. The molecular weight excluding hydrogens is 551 g/mol. The molecule has 0 spiro atoms. The van der Waals surface area contributed by atoms with E-state index in [4.69, 9.17) is 37.7 Å². The molecule has 1 heterocycles. The number of hydrogen-bond acceptors (Lipinski definition) is 5. The minimum atomic E-state index is -0.168. The second-order valence-electron chi connectivity index (χ2n) is 8.49. The van der Waals surface area contributed by atoms with E-state index >= 15 is 0 Å².